The van der Waals surface area contributed by atoms with Gasteiger partial charge in [-0.15, -0.1) is 23.2 Å². The fourth-order valence-electron chi connectivity index (χ4n) is 1.10. The molecule has 3 nitrogen and oxygen atoms in total. The van der Waals surface area contributed by atoms with Crippen LogP contribution in [0.3, 0.4) is 0 Å². The Labute approximate surface area is 86.4 Å². The molecular weight excluding hydrogens is 211 g/mol. The highest BCUT2D eigenvalue weighted by Gasteiger charge is 2.56. The molecule has 0 saturated heterocycles. The molecule has 72 valence electrons. The van der Waals surface area contributed by atoms with E-state index in [0.717, 1.165) is 0 Å². The Morgan fingerprint density at radius 2 is 2.15 bits per heavy atom. The van der Waals surface area contributed by atoms with Gasteiger partial charge in [0, 0.05) is 5.92 Å². The van der Waals surface area contributed by atoms with Gasteiger partial charge in [0.15, 0.2) is 5.82 Å². The molecule has 0 aliphatic heterocycles. The fourth-order valence-corrected chi connectivity index (χ4v) is 1.60. The molecule has 1 heterocycles. The summed E-state index contributed by atoms with van der Waals surface area (Å²) in [5, 5.41) is 3.84. The summed E-state index contributed by atoms with van der Waals surface area (Å²) in [6.45, 7) is 4.02. The van der Waals surface area contributed by atoms with Crippen LogP contribution in [0, 0.1) is 0 Å². The summed E-state index contributed by atoms with van der Waals surface area (Å²) < 4.78 is 4.38. The summed E-state index contributed by atoms with van der Waals surface area (Å²) in [7, 11) is 0. The molecule has 5 heteroatoms. The van der Waals surface area contributed by atoms with Gasteiger partial charge in [-0.05, 0) is 6.42 Å². The van der Waals surface area contributed by atoms with E-state index in [1.54, 1.807) is 0 Å². The summed E-state index contributed by atoms with van der Waals surface area (Å²) in [6, 6.07) is 0. The Morgan fingerprint density at radius 3 is 2.54 bits per heavy atom. The molecule has 0 aromatic carbocycles. The third kappa shape index (κ3) is 1.67. The van der Waals surface area contributed by atoms with Crippen molar-refractivity contribution in [3.05, 3.63) is 11.7 Å². The Kier molecular flexibility index (Phi) is 2.04. The van der Waals surface area contributed by atoms with Gasteiger partial charge in [0.05, 0.1) is 5.92 Å². The van der Waals surface area contributed by atoms with Crippen molar-refractivity contribution < 1.29 is 4.52 Å². The first kappa shape index (κ1) is 9.28. The lowest BCUT2D eigenvalue weighted by Gasteiger charge is -1.93. The first-order valence-corrected chi connectivity index (χ1v) is 4.97. The third-order valence-corrected chi connectivity index (χ3v) is 2.93. The highest BCUT2D eigenvalue weighted by molar-refractivity contribution is 6.51. The summed E-state index contributed by atoms with van der Waals surface area (Å²) in [4.78, 5) is 4.22. The van der Waals surface area contributed by atoms with Crippen molar-refractivity contribution in [3.63, 3.8) is 0 Å². The molecule has 1 atom stereocenters. The maximum absolute atomic E-state index is 5.87. The smallest absolute Gasteiger partial charge is 0.232 e. The Morgan fingerprint density at radius 1 is 1.54 bits per heavy atom. The van der Waals surface area contributed by atoms with Gasteiger partial charge in [0.25, 0.3) is 0 Å². The fraction of sp³-hybridized carbons (Fsp3) is 0.750. The van der Waals surface area contributed by atoms with E-state index in [4.69, 9.17) is 27.7 Å². The van der Waals surface area contributed by atoms with Crippen LogP contribution < -0.4 is 0 Å². The lowest BCUT2D eigenvalue weighted by molar-refractivity contribution is 0.372. The van der Waals surface area contributed by atoms with Crippen molar-refractivity contribution in [2.24, 2.45) is 0 Å². The van der Waals surface area contributed by atoms with Crippen LogP contribution in [0.25, 0.3) is 0 Å². The topological polar surface area (TPSA) is 38.9 Å². The molecule has 0 amide bonds. The summed E-state index contributed by atoms with van der Waals surface area (Å²) in [5.74, 6) is 1.58. The lowest BCUT2D eigenvalue weighted by atomic mass is 10.2. The SMILES string of the molecule is CC(C)c1noc(C2CC2(Cl)Cl)n1. The molecule has 1 aromatic rings. The number of halogens is 2. The molecule has 1 aromatic heterocycles. The number of hydrogen-bond acceptors (Lipinski definition) is 3. The van der Waals surface area contributed by atoms with E-state index in [0.29, 0.717) is 18.1 Å². The monoisotopic (exact) mass is 220 g/mol. The molecule has 13 heavy (non-hydrogen) atoms. The summed E-state index contributed by atoms with van der Waals surface area (Å²) in [5.41, 5.74) is 0. The molecule has 1 aliphatic rings. The van der Waals surface area contributed by atoms with Crippen molar-refractivity contribution in [2.45, 2.75) is 36.4 Å². The lowest BCUT2D eigenvalue weighted by Crippen LogP contribution is -1.92. The Bertz CT molecular complexity index is 322. The van der Waals surface area contributed by atoms with Crippen LogP contribution in [-0.4, -0.2) is 14.5 Å². The second-order valence-corrected chi connectivity index (χ2v) is 5.21. The third-order valence-electron chi connectivity index (χ3n) is 2.10. The van der Waals surface area contributed by atoms with Gasteiger partial charge in [0.1, 0.15) is 4.33 Å². The zero-order valence-electron chi connectivity index (χ0n) is 7.42. The number of nitrogens with zero attached hydrogens (tertiary/aromatic N) is 2. The molecule has 1 saturated carbocycles. The van der Waals surface area contributed by atoms with Gasteiger partial charge in [-0.1, -0.05) is 19.0 Å². The van der Waals surface area contributed by atoms with Crippen LogP contribution in [-0.2, 0) is 0 Å². The van der Waals surface area contributed by atoms with Gasteiger partial charge in [-0.25, -0.2) is 0 Å². The van der Waals surface area contributed by atoms with Gasteiger partial charge in [0.2, 0.25) is 5.89 Å². The number of rotatable bonds is 2. The van der Waals surface area contributed by atoms with Gasteiger partial charge in [-0.3, -0.25) is 0 Å². The molecule has 1 aliphatic carbocycles. The van der Waals surface area contributed by atoms with Crippen molar-refractivity contribution in [3.8, 4) is 0 Å². The highest BCUT2D eigenvalue weighted by atomic mass is 35.5. The van der Waals surface area contributed by atoms with E-state index in [2.05, 4.69) is 10.1 Å². The van der Waals surface area contributed by atoms with Gasteiger partial charge in [-0.2, -0.15) is 4.98 Å². The predicted octanol–water partition coefficient (Wildman–Crippen LogP) is 2.85. The van der Waals surface area contributed by atoms with Crippen molar-refractivity contribution in [2.75, 3.05) is 0 Å². The van der Waals surface area contributed by atoms with Crippen molar-refractivity contribution in [1.82, 2.24) is 10.1 Å². The maximum atomic E-state index is 5.87. The van der Waals surface area contributed by atoms with Crippen molar-refractivity contribution >= 4 is 23.2 Å². The van der Waals surface area contributed by atoms with Crippen LogP contribution >= 0.6 is 23.2 Å². The van der Waals surface area contributed by atoms with Gasteiger partial charge >= 0.3 is 0 Å². The minimum atomic E-state index is -0.680. The first-order chi connectivity index (χ1) is 6.00. The maximum Gasteiger partial charge on any atom is 0.232 e. The minimum Gasteiger partial charge on any atom is -0.339 e. The standard InChI is InChI=1S/C8H10Cl2N2O/c1-4(2)6-11-7(13-12-6)5-3-8(5,9)10/h4-5H,3H2,1-2H3. The zero-order valence-corrected chi connectivity index (χ0v) is 8.93. The summed E-state index contributed by atoms with van der Waals surface area (Å²) >= 11 is 11.7. The summed E-state index contributed by atoms with van der Waals surface area (Å²) in [6.07, 6.45) is 0.704. The van der Waals surface area contributed by atoms with Crippen LogP contribution in [0.1, 0.15) is 43.8 Å². The zero-order chi connectivity index (χ0) is 9.64. The molecule has 0 N–H and O–H groups in total. The van der Waals surface area contributed by atoms with Crippen LogP contribution in [0.2, 0.25) is 0 Å². The Balaban J connectivity index is 2.16. The van der Waals surface area contributed by atoms with E-state index in [9.17, 15) is 0 Å². The quantitative estimate of drug-likeness (QED) is 0.720. The number of aromatic nitrogens is 2. The highest BCUT2D eigenvalue weighted by Crippen LogP contribution is 2.59. The second kappa shape index (κ2) is 2.85. The Hall–Kier alpha value is -0.280. The average Bonchev–Trinajstić information content (AvgIpc) is 2.50. The molecule has 0 spiro atoms. The molecule has 0 bridgehead atoms. The predicted molar refractivity (Wildman–Crippen MR) is 50.2 cm³/mol. The van der Waals surface area contributed by atoms with E-state index in [1.807, 2.05) is 13.8 Å². The largest absolute Gasteiger partial charge is 0.339 e. The molecule has 2 rings (SSSR count). The van der Waals surface area contributed by atoms with Crippen LogP contribution in [0.15, 0.2) is 4.52 Å². The molecule has 1 fully saturated rings. The number of alkyl halides is 2. The number of hydrogen-bond donors (Lipinski definition) is 0. The molecule has 1 unspecified atom stereocenters. The van der Waals surface area contributed by atoms with E-state index >= 15 is 0 Å². The first-order valence-electron chi connectivity index (χ1n) is 4.22. The van der Waals surface area contributed by atoms with Gasteiger partial charge < -0.3 is 4.52 Å². The van der Waals surface area contributed by atoms with Crippen LogP contribution in [0.4, 0.5) is 0 Å². The van der Waals surface area contributed by atoms with Crippen LogP contribution in [0.5, 0.6) is 0 Å². The van der Waals surface area contributed by atoms with E-state index in [1.165, 1.54) is 0 Å². The van der Waals surface area contributed by atoms with E-state index < -0.39 is 4.33 Å². The molecular formula is C8H10Cl2N2O. The van der Waals surface area contributed by atoms with E-state index in [-0.39, 0.29) is 11.8 Å². The minimum absolute atomic E-state index is 0.0239. The normalized spacial score (nSPS) is 25.2. The molecule has 0 radical (unpaired) electrons. The van der Waals surface area contributed by atoms with Crippen molar-refractivity contribution in [1.29, 1.82) is 0 Å². The average molecular weight is 221 g/mol. The second-order valence-electron chi connectivity index (χ2n) is 3.66.